The molecule has 2 amide bonds. The standard InChI is InChI=1S/C12H13F3N2O2/c13-12(14,15)9-5-3-8(4-6-9)11(19)17-7-1-2-10(16)18/h3-6H,1-2,7H2,(H2,16,18)(H,17,19). The fourth-order valence-electron chi connectivity index (χ4n) is 1.38. The highest BCUT2D eigenvalue weighted by Gasteiger charge is 2.30. The number of hydrogen-bond donors (Lipinski definition) is 2. The van der Waals surface area contributed by atoms with Gasteiger partial charge in [-0.3, -0.25) is 9.59 Å². The van der Waals surface area contributed by atoms with Crippen molar-refractivity contribution in [2.24, 2.45) is 5.73 Å². The van der Waals surface area contributed by atoms with Crippen LogP contribution in [0.2, 0.25) is 0 Å². The monoisotopic (exact) mass is 274 g/mol. The lowest BCUT2D eigenvalue weighted by Crippen LogP contribution is -2.25. The number of benzene rings is 1. The van der Waals surface area contributed by atoms with Crippen molar-refractivity contribution in [3.8, 4) is 0 Å². The first-order valence-corrected chi connectivity index (χ1v) is 5.54. The smallest absolute Gasteiger partial charge is 0.370 e. The van der Waals surface area contributed by atoms with Gasteiger partial charge in [0.1, 0.15) is 0 Å². The van der Waals surface area contributed by atoms with Crippen LogP contribution in [0.15, 0.2) is 24.3 Å². The molecule has 0 unspecified atom stereocenters. The lowest BCUT2D eigenvalue weighted by Gasteiger charge is -2.08. The van der Waals surface area contributed by atoms with Gasteiger partial charge in [-0.05, 0) is 30.7 Å². The number of rotatable bonds is 5. The lowest BCUT2D eigenvalue weighted by atomic mass is 10.1. The Morgan fingerprint density at radius 2 is 1.74 bits per heavy atom. The van der Waals surface area contributed by atoms with Crippen LogP contribution in [0.4, 0.5) is 13.2 Å². The van der Waals surface area contributed by atoms with E-state index in [4.69, 9.17) is 5.73 Å². The summed E-state index contributed by atoms with van der Waals surface area (Å²) in [6.07, 6.45) is -3.88. The van der Waals surface area contributed by atoms with E-state index in [1.165, 1.54) is 0 Å². The second kappa shape index (κ2) is 6.21. The van der Waals surface area contributed by atoms with Crippen LogP contribution < -0.4 is 11.1 Å². The van der Waals surface area contributed by atoms with E-state index in [2.05, 4.69) is 5.32 Å². The fraction of sp³-hybridized carbons (Fsp3) is 0.333. The maximum Gasteiger partial charge on any atom is 0.416 e. The van der Waals surface area contributed by atoms with E-state index in [-0.39, 0.29) is 18.5 Å². The van der Waals surface area contributed by atoms with Crippen molar-refractivity contribution >= 4 is 11.8 Å². The largest absolute Gasteiger partial charge is 0.416 e. The molecule has 0 fully saturated rings. The predicted molar refractivity (Wildman–Crippen MR) is 62.2 cm³/mol. The Bertz CT molecular complexity index is 455. The van der Waals surface area contributed by atoms with E-state index in [1.54, 1.807) is 0 Å². The van der Waals surface area contributed by atoms with Crippen LogP contribution in [0.1, 0.15) is 28.8 Å². The molecule has 0 heterocycles. The van der Waals surface area contributed by atoms with Crippen molar-refractivity contribution in [2.45, 2.75) is 19.0 Å². The van der Waals surface area contributed by atoms with Gasteiger partial charge in [0.2, 0.25) is 5.91 Å². The summed E-state index contributed by atoms with van der Waals surface area (Å²) in [7, 11) is 0. The molecule has 0 radical (unpaired) electrons. The molecule has 0 aliphatic rings. The Morgan fingerprint density at radius 3 is 2.21 bits per heavy atom. The molecule has 0 saturated carbocycles. The van der Waals surface area contributed by atoms with Crippen LogP contribution in [0.5, 0.6) is 0 Å². The maximum atomic E-state index is 12.3. The predicted octanol–water partition coefficient (Wildman–Crippen LogP) is 1.70. The molecule has 1 aromatic carbocycles. The number of hydrogen-bond acceptors (Lipinski definition) is 2. The van der Waals surface area contributed by atoms with Gasteiger partial charge in [-0.25, -0.2) is 0 Å². The third-order valence-electron chi connectivity index (χ3n) is 2.36. The van der Waals surface area contributed by atoms with Crippen LogP contribution in [-0.4, -0.2) is 18.4 Å². The SMILES string of the molecule is NC(=O)CCCNC(=O)c1ccc(C(F)(F)F)cc1. The van der Waals surface area contributed by atoms with Gasteiger partial charge in [0.25, 0.3) is 5.91 Å². The molecule has 0 aliphatic carbocycles. The van der Waals surface area contributed by atoms with E-state index < -0.39 is 23.6 Å². The molecule has 1 rings (SSSR count). The second-order valence-electron chi connectivity index (χ2n) is 3.90. The summed E-state index contributed by atoms with van der Waals surface area (Å²) in [4.78, 5) is 22.0. The molecule has 104 valence electrons. The minimum atomic E-state index is -4.42. The minimum Gasteiger partial charge on any atom is -0.370 e. The second-order valence-corrected chi connectivity index (χ2v) is 3.90. The summed E-state index contributed by atoms with van der Waals surface area (Å²) in [5, 5.41) is 2.48. The molecular weight excluding hydrogens is 261 g/mol. The number of alkyl halides is 3. The van der Waals surface area contributed by atoms with E-state index in [1.807, 2.05) is 0 Å². The van der Waals surface area contributed by atoms with E-state index in [0.29, 0.717) is 6.42 Å². The first kappa shape index (κ1) is 15.0. The number of nitrogens with two attached hydrogens (primary N) is 1. The molecule has 0 bridgehead atoms. The Labute approximate surface area is 107 Å². The zero-order valence-electron chi connectivity index (χ0n) is 9.96. The fourth-order valence-corrected chi connectivity index (χ4v) is 1.38. The third kappa shape index (κ3) is 4.99. The van der Waals surface area contributed by atoms with Crippen molar-refractivity contribution < 1.29 is 22.8 Å². The first-order valence-electron chi connectivity index (χ1n) is 5.54. The average molecular weight is 274 g/mol. The lowest BCUT2D eigenvalue weighted by molar-refractivity contribution is -0.137. The zero-order chi connectivity index (χ0) is 14.5. The minimum absolute atomic E-state index is 0.132. The summed E-state index contributed by atoms with van der Waals surface area (Å²) in [5.41, 5.74) is 4.24. The Kier molecular flexibility index (Phi) is 4.91. The third-order valence-corrected chi connectivity index (χ3v) is 2.36. The van der Waals surface area contributed by atoms with Gasteiger partial charge in [-0.2, -0.15) is 13.2 Å². The highest BCUT2D eigenvalue weighted by atomic mass is 19.4. The van der Waals surface area contributed by atoms with Crippen molar-refractivity contribution in [3.05, 3.63) is 35.4 Å². The molecule has 0 spiro atoms. The molecule has 0 saturated heterocycles. The Balaban J connectivity index is 2.52. The van der Waals surface area contributed by atoms with Gasteiger partial charge < -0.3 is 11.1 Å². The summed E-state index contributed by atoms with van der Waals surface area (Å²) in [6, 6.07) is 3.90. The van der Waals surface area contributed by atoms with E-state index in [0.717, 1.165) is 24.3 Å². The molecule has 19 heavy (non-hydrogen) atoms. The molecular formula is C12H13F3N2O2. The first-order chi connectivity index (χ1) is 8.80. The van der Waals surface area contributed by atoms with Crippen LogP contribution in [0, 0.1) is 0 Å². The van der Waals surface area contributed by atoms with Crippen LogP contribution in [0.25, 0.3) is 0 Å². The number of carbonyl (C=O) groups is 2. The van der Waals surface area contributed by atoms with Gasteiger partial charge in [0, 0.05) is 18.5 Å². The Morgan fingerprint density at radius 1 is 1.16 bits per heavy atom. The van der Waals surface area contributed by atoms with Crippen LogP contribution >= 0.6 is 0 Å². The molecule has 0 aliphatic heterocycles. The maximum absolute atomic E-state index is 12.3. The summed E-state index contributed by atoms with van der Waals surface area (Å²) >= 11 is 0. The van der Waals surface area contributed by atoms with E-state index in [9.17, 15) is 22.8 Å². The van der Waals surface area contributed by atoms with Gasteiger partial charge in [0.05, 0.1) is 5.56 Å². The van der Waals surface area contributed by atoms with Crippen molar-refractivity contribution in [1.82, 2.24) is 5.32 Å². The van der Waals surface area contributed by atoms with Crippen LogP contribution in [0.3, 0.4) is 0 Å². The molecule has 0 atom stereocenters. The number of nitrogens with one attached hydrogen (secondary N) is 1. The molecule has 0 aromatic heterocycles. The summed E-state index contributed by atoms with van der Waals surface area (Å²) in [6.45, 7) is 0.239. The molecule has 7 heteroatoms. The number of carbonyl (C=O) groups excluding carboxylic acids is 2. The van der Waals surface area contributed by atoms with Crippen molar-refractivity contribution in [3.63, 3.8) is 0 Å². The summed E-state index contributed by atoms with van der Waals surface area (Å²) in [5.74, 6) is -0.957. The van der Waals surface area contributed by atoms with Crippen molar-refractivity contribution in [1.29, 1.82) is 0 Å². The van der Waals surface area contributed by atoms with Gasteiger partial charge in [-0.1, -0.05) is 0 Å². The molecule has 1 aromatic rings. The zero-order valence-corrected chi connectivity index (χ0v) is 9.96. The topological polar surface area (TPSA) is 72.2 Å². The number of amides is 2. The quantitative estimate of drug-likeness (QED) is 0.802. The molecule has 4 nitrogen and oxygen atoms in total. The highest BCUT2D eigenvalue weighted by molar-refractivity contribution is 5.94. The normalized spacial score (nSPS) is 11.1. The Hall–Kier alpha value is -2.05. The van der Waals surface area contributed by atoms with Gasteiger partial charge >= 0.3 is 6.18 Å². The van der Waals surface area contributed by atoms with Gasteiger partial charge in [0.15, 0.2) is 0 Å². The van der Waals surface area contributed by atoms with E-state index >= 15 is 0 Å². The number of primary amides is 1. The molecule has 3 N–H and O–H groups in total. The number of halogens is 3. The summed E-state index contributed by atoms with van der Waals surface area (Å²) < 4.78 is 36.9. The highest BCUT2D eigenvalue weighted by Crippen LogP contribution is 2.28. The van der Waals surface area contributed by atoms with Gasteiger partial charge in [-0.15, -0.1) is 0 Å². The van der Waals surface area contributed by atoms with Crippen LogP contribution in [-0.2, 0) is 11.0 Å². The average Bonchev–Trinajstić information content (AvgIpc) is 2.33. The van der Waals surface area contributed by atoms with Crippen molar-refractivity contribution in [2.75, 3.05) is 6.54 Å².